The van der Waals surface area contributed by atoms with E-state index in [0.717, 1.165) is 56.0 Å². The number of amides is 1. The van der Waals surface area contributed by atoms with E-state index >= 15 is 0 Å². The molecule has 1 aromatic carbocycles. The van der Waals surface area contributed by atoms with Gasteiger partial charge in [-0.25, -0.2) is 4.98 Å². The fourth-order valence-corrected chi connectivity index (χ4v) is 3.93. The molecule has 1 aliphatic heterocycles. The molecule has 2 aromatic heterocycles. The number of aromatic nitrogens is 4. The number of carbonyl (C=O) groups is 1. The van der Waals surface area contributed by atoms with E-state index in [1.54, 1.807) is 24.0 Å². The number of nitrogens with one attached hydrogen (secondary N) is 1. The number of hydrogen-bond acceptors (Lipinski definition) is 6. The van der Waals surface area contributed by atoms with Crippen LogP contribution in [-0.2, 0) is 11.3 Å². The molecule has 0 bridgehead atoms. The van der Waals surface area contributed by atoms with Gasteiger partial charge in [0.1, 0.15) is 12.7 Å². The minimum absolute atomic E-state index is 0.0686. The Labute approximate surface area is 162 Å². The SMILES string of the molecule is O=C(Nc1cccc(-c2cscn2)c1)C1CCN(CCn2cnnc2)CC1. The van der Waals surface area contributed by atoms with Crippen LogP contribution in [0.4, 0.5) is 5.69 Å². The van der Waals surface area contributed by atoms with Crippen LogP contribution < -0.4 is 5.32 Å². The van der Waals surface area contributed by atoms with Gasteiger partial charge in [-0.1, -0.05) is 12.1 Å². The second-order valence-corrected chi connectivity index (χ2v) is 7.48. The molecule has 140 valence electrons. The summed E-state index contributed by atoms with van der Waals surface area (Å²) in [4.78, 5) is 19.4. The van der Waals surface area contributed by atoms with Crippen molar-refractivity contribution < 1.29 is 4.79 Å². The van der Waals surface area contributed by atoms with Crippen molar-refractivity contribution in [3.8, 4) is 11.3 Å². The Bertz CT molecular complexity index is 856. The maximum absolute atomic E-state index is 12.7. The lowest BCUT2D eigenvalue weighted by Gasteiger charge is -2.31. The van der Waals surface area contributed by atoms with Gasteiger partial charge in [0.2, 0.25) is 5.91 Å². The van der Waals surface area contributed by atoms with Crippen molar-refractivity contribution in [3.05, 3.63) is 47.8 Å². The van der Waals surface area contributed by atoms with E-state index in [0.29, 0.717) is 0 Å². The standard InChI is InChI=1S/C19H22N6OS/c26-19(23-17-3-1-2-16(10-17)18-11-27-14-20-18)15-4-6-24(7-5-15)8-9-25-12-21-22-13-25/h1-3,10-15H,4-9H2,(H,23,26). The predicted octanol–water partition coefficient (Wildman–Crippen LogP) is 2.75. The summed E-state index contributed by atoms with van der Waals surface area (Å²) in [7, 11) is 0. The molecule has 0 spiro atoms. The zero-order chi connectivity index (χ0) is 18.5. The normalized spacial score (nSPS) is 15.7. The monoisotopic (exact) mass is 382 g/mol. The van der Waals surface area contributed by atoms with Gasteiger partial charge in [0.25, 0.3) is 0 Å². The number of rotatable bonds is 6. The van der Waals surface area contributed by atoms with Crippen LogP contribution in [0.25, 0.3) is 11.3 Å². The Morgan fingerprint density at radius 2 is 2.00 bits per heavy atom. The van der Waals surface area contributed by atoms with E-state index < -0.39 is 0 Å². The summed E-state index contributed by atoms with van der Waals surface area (Å²) in [6.07, 6.45) is 5.25. The molecule has 3 aromatic rings. The molecule has 8 heteroatoms. The first kappa shape index (κ1) is 17.8. The van der Waals surface area contributed by atoms with Gasteiger partial charge in [-0.05, 0) is 38.1 Å². The van der Waals surface area contributed by atoms with Crippen LogP contribution in [0, 0.1) is 5.92 Å². The number of anilines is 1. The Balaban J connectivity index is 1.28. The number of thiazole rings is 1. The number of nitrogens with zero attached hydrogens (tertiary/aromatic N) is 5. The molecule has 1 amide bonds. The van der Waals surface area contributed by atoms with Crippen LogP contribution in [0.2, 0.25) is 0 Å². The van der Waals surface area contributed by atoms with Crippen LogP contribution in [0.3, 0.4) is 0 Å². The number of hydrogen-bond donors (Lipinski definition) is 1. The van der Waals surface area contributed by atoms with E-state index in [4.69, 9.17) is 0 Å². The van der Waals surface area contributed by atoms with Crippen molar-refractivity contribution in [2.24, 2.45) is 5.92 Å². The largest absolute Gasteiger partial charge is 0.326 e. The zero-order valence-electron chi connectivity index (χ0n) is 15.0. The number of likely N-dealkylation sites (tertiary alicyclic amines) is 1. The van der Waals surface area contributed by atoms with E-state index in [-0.39, 0.29) is 11.8 Å². The summed E-state index contributed by atoms with van der Waals surface area (Å²) < 4.78 is 1.98. The minimum Gasteiger partial charge on any atom is -0.326 e. The van der Waals surface area contributed by atoms with Crippen LogP contribution in [0.5, 0.6) is 0 Å². The number of carbonyl (C=O) groups excluding carboxylic acids is 1. The van der Waals surface area contributed by atoms with Crippen molar-refractivity contribution in [2.45, 2.75) is 19.4 Å². The summed E-state index contributed by atoms with van der Waals surface area (Å²) in [5.74, 6) is 0.183. The second-order valence-electron chi connectivity index (χ2n) is 6.76. The lowest BCUT2D eigenvalue weighted by molar-refractivity contribution is -0.121. The fourth-order valence-electron chi connectivity index (χ4n) is 3.37. The molecule has 4 rings (SSSR count). The van der Waals surface area contributed by atoms with Crippen molar-refractivity contribution in [2.75, 3.05) is 25.0 Å². The Morgan fingerprint density at radius 1 is 1.19 bits per heavy atom. The van der Waals surface area contributed by atoms with Gasteiger partial charge < -0.3 is 14.8 Å². The third-order valence-corrected chi connectivity index (χ3v) is 5.54. The molecule has 3 heterocycles. The average Bonchev–Trinajstić information content (AvgIpc) is 3.41. The highest BCUT2D eigenvalue weighted by Gasteiger charge is 2.24. The quantitative estimate of drug-likeness (QED) is 0.709. The minimum atomic E-state index is 0.0686. The van der Waals surface area contributed by atoms with E-state index in [9.17, 15) is 4.79 Å². The second kappa shape index (κ2) is 8.41. The van der Waals surface area contributed by atoms with Gasteiger partial charge in [0, 0.05) is 35.6 Å². The smallest absolute Gasteiger partial charge is 0.227 e. The van der Waals surface area contributed by atoms with Gasteiger partial charge in [-0.2, -0.15) is 0 Å². The van der Waals surface area contributed by atoms with Crippen LogP contribution in [0.1, 0.15) is 12.8 Å². The number of benzene rings is 1. The molecular formula is C19H22N6OS. The van der Waals surface area contributed by atoms with Crippen LogP contribution in [0.15, 0.2) is 47.8 Å². The third-order valence-electron chi connectivity index (χ3n) is 4.96. The summed E-state index contributed by atoms with van der Waals surface area (Å²) in [6, 6.07) is 7.89. The van der Waals surface area contributed by atoms with Gasteiger partial charge in [0.05, 0.1) is 11.2 Å². The van der Waals surface area contributed by atoms with E-state index in [1.165, 1.54) is 0 Å². The molecule has 0 unspecified atom stereocenters. The predicted molar refractivity (Wildman–Crippen MR) is 105 cm³/mol. The third kappa shape index (κ3) is 4.58. The Morgan fingerprint density at radius 3 is 2.74 bits per heavy atom. The zero-order valence-corrected chi connectivity index (χ0v) is 15.8. The summed E-state index contributed by atoms with van der Waals surface area (Å²) in [5.41, 5.74) is 4.62. The van der Waals surface area contributed by atoms with E-state index in [2.05, 4.69) is 25.4 Å². The van der Waals surface area contributed by atoms with Gasteiger partial charge >= 0.3 is 0 Å². The molecule has 1 fully saturated rings. The Kier molecular flexibility index (Phi) is 5.55. The van der Waals surface area contributed by atoms with Crippen molar-refractivity contribution in [1.82, 2.24) is 24.6 Å². The molecule has 1 aliphatic rings. The maximum atomic E-state index is 12.7. The maximum Gasteiger partial charge on any atom is 0.227 e. The van der Waals surface area contributed by atoms with Gasteiger partial charge in [-0.3, -0.25) is 4.79 Å². The average molecular weight is 382 g/mol. The van der Waals surface area contributed by atoms with Gasteiger partial charge in [-0.15, -0.1) is 21.5 Å². The molecule has 0 atom stereocenters. The lowest BCUT2D eigenvalue weighted by Crippen LogP contribution is -2.39. The molecular weight excluding hydrogens is 360 g/mol. The summed E-state index contributed by atoms with van der Waals surface area (Å²) >= 11 is 1.57. The topological polar surface area (TPSA) is 75.9 Å². The highest BCUT2D eigenvalue weighted by Crippen LogP contribution is 2.24. The number of piperidine rings is 1. The molecule has 27 heavy (non-hydrogen) atoms. The summed E-state index contributed by atoms with van der Waals surface area (Å²) in [5, 5.41) is 12.7. The van der Waals surface area contributed by atoms with Crippen LogP contribution >= 0.6 is 11.3 Å². The van der Waals surface area contributed by atoms with Crippen molar-refractivity contribution >= 4 is 22.9 Å². The first-order valence-electron chi connectivity index (χ1n) is 9.12. The molecule has 7 nitrogen and oxygen atoms in total. The van der Waals surface area contributed by atoms with Crippen molar-refractivity contribution in [1.29, 1.82) is 0 Å². The lowest BCUT2D eigenvalue weighted by atomic mass is 9.95. The highest BCUT2D eigenvalue weighted by atomic mass is 32.1. The molecule has 0 saturated carbocycles. The summed E-state index contributed by atoms with van der Waals surface area (Å²) in [6.45, 7) is 3.73. The van der Waals surface area contributed by atoms with E-state index in [1.807, 2.05) is 39.7 Å². The van der Waals surface area contributed by atoms with Crippen LogP contribution in [-0.4, -0.2) is 50.2 Å². The molecule has 1 N–H and O–H groups in total. The van der Waals surface area contributed by atoms with Gasteiger partial charge in [0.15, 0.2) is 0 Å². The van der Waals surface area contributed by atoms with Crippen molar-refractivity contribution in [3.63, 3.8) is 0 Å². The molecule has 0 radical (unpaired) electrons. The molecule has 1 saturated heterocycles. The first-order chi connectivity index (χ1) is 13.3. The molecule has 0 aliphatic carbocycles. The Hall–Kier alpha value is -2.58. The first-order valence-corrected chi connectivity index (χ1v) is 10.1. The highest BCUT2D eigenvalue weighted by molar-refractivity contribution is 7.07. The fraction of sp³-hybridized carbons (Fsp3) is 0.368.